The first-order chi connectivity index (χ1) is 9.00. The molecule has 106 valence electrons. The van der Waals surface area contributed by atoms with Crippen LogP contribution in [0, 0.1) is 5.82 Å². The van der Waals surface area contributed by atoms with Gasteiger partial charge in [-0.05, 0) is 31.0 Å². The smallest absolute Gasteiger partial charge is 0.243 e. The zero-order valence-corrected chi connectivity index (χ0v) is 11.4. The van der Waals surface area contributed by atoms with Crippen LogP contribution in [0.15, 0.2) is 23.1 Å². The quantitative estimate of drug-likeness (QED) is 0.897. The van der Waals surface area contributed by atoms with Gasteiger partial charge < -0.3 is 9.84 Å². The van der Waals surface area contributed by atoms with Gasteiger partial charge in [-0.1, -0.05) is 0 Å². The van der Waals surface area contributed by atoms with Gasteiger partial charge in [-0.15, -0.1) is 0 Å². The lowest BCUT2D eigenvalue weighted by molar-refractivity contribution is 0.213. The van der Waals surface area contributed by atoms with Gasteiger partial charge in [0.15, 0.2) is 11.6 Å². The summed E-state index contributed by atoms with van der Waals surface area (Å²) in [6.07, 6.45) is 1.32. The van der Waals surface area contributed by atoms with E-state index in [1.54, 1.807) is 0 Å². The number of aliphatic hydroxyl groups excluding tert-OH is 1. The molecule has 0 unspecified atom stereocenters. The van der Waals surface area contributed by atoms with Gasteiger partial charge in [-0.2, -0.15) is 4.31 Å². The molecule has 0 spiro atoms. The molecule has 5 nitrogen and oxygen atoms in total. The molecular weight excluding hydrogens is 273 g/mol. The van der Waals surface area contributed by atoms with Gasteiger partial charge in [0.05, 0.1) is 18.6 Å². The number of nitrogens with zero attached hydrogens (tertiary/aromatic N) is 1. The molecular formula is C12H16FNO4S. The van der Waals surface area contributed by atoms with E-state index in [4.69, 9.17) is 4.74 Å². The Balaban J connectivity index is 2.37. The van der Waals surface area contributed by atoms with Crippen LogP contribution in [-0.2, 0) is 10.0 Å². The van der Waals surface area contributed by atoms with Crippen molar-refractivity contribution in [2.45, 2.75) is 23.8 Å². The Kier molecular flexibility index (Phi) is 4.07. The van der Waals surface area contributed by atoms with Gasteiger partial charge in [-0.3, -0.25) is 0 Å². The van der Waals surface area contributed by atoms with Crippen LogP contribution in [0.25, 0.3) is 0 Å². The summed E-state index contributed by atoms with van der Waals surface area (Å²) in [5.41, 5.74) is 0. The summed E-state index contributed by atoms with van der Waals surface area (Å²) in [4.78, 5) is -0.119. The number of hydrogen-bond donors (Lipinski definition) is 1. The molecule has 1 atom stereocenters. The number of methoxy groups -OCH3 is 1. The number of halogens is 1. The van der Waals surface area contributed by atoms with Gasteiger partial charge in [-0.25, -0.2) is 12.8 Å². The van der Waals surface area contributed by atoms with Gasteiger partial charge in [0.1, 0.15) is 0 Å². The van der Waals surface area contributed by atoms with Crippen molar-refractivity contribution < 1.29 is 22.7 Å². The van der Waals surface area contributed by atoms with E-state index in [1.165, 1.54) is 23.5 Å². The van der Waals surface area contributed by atoms with Crippen LogP contribution >= 0.6 is 0 Å². The Morgan fingerprint density at radius 1 is 1.53 bits per heavy atom. The largest absolute Gasteiger partial charge is 0.494 e. The van der Waals surface area contributed by atoms with Crippen molar-refractivity contribution in [3.63, 3.8) is 0 Å². The van der Waals surface area contributed by atoms with Crippen molar-refractivity contribution in [1.82, 2.24) is 4.31 Å². The van der Waals surface area contributed by atoms with E-state index >= 15 is 0 Å². The van der Waals surface area contributed by atoms with Crippen LogP contribution in [-0.4, -0.2) is 44.1 Å². The molecule has 0 aliphatic carbocycles. The molecule has 0 amide bonds. The topological polar surface area (TPSA) is 66.8 Å². The monoisotopic (exact) mass is 289 g/mol. The van der Waals surface area contributed by atoms with Crippen molar-refractivity contribution in [2.24, 2.45) is 0 Å². The summed E-state index contributed by atoms with van der Waals surface area (Å²) in [5, 5.41) is 9.18. The van der Waals surface area contributed by atoms with Gasteiger partial charge in [0.25, 0.3) is 0 Å². The molecule has 1 saturated heterocycles. The summed E-state index contributed by atoms with van der Waals surface area (Å²) in [6, 6.07) is 3.12. The first kappa shape index (κ1) is 14.2. The summed E-state index contributed by atoms with van der Waals surface area (Å²) in [5.74, 6) is -0.720. The summed E-state index contributed by atoms with van der Waals surface area (Å²) in [7, 11) is -2.46. The normalized spacial score (nSPS) is 20.7. The van der Waals surface area contributed by atoms with Crippen LogP contribution in [0.1, 0.15) is 12.8 Å². The van der Waals surface area contributed by atoms with E-state index in [0.29, 0.717) is 19.4 Å². The van der Waals surface area contributed by atoms with Crippen molar-refractivity contribution in [2.75, 3.05) is 20.3 Å². The fraction of sp³-hybridized carbons (Fsp3) is 0.500. The van der Waals surface area contributed by atoms with Crippen molar-refractivity contribution >= 4 is 10.0 Å². The lowest BCUT2D eigenvalue weighted by Gasteiger charge is -2.22. The molecule has 19 heavy (non-hydrogen) atoms. The van der Waals surface area contributed by atoms with E-state index < -0.39 is 21.9 Å². The molecule has 0 saturated carbocycles. The first-order valence-electron chi connectivity index (χ1n) is 5.97. The Morgan fingerprint density at radius 2 is 2.26 bits per heavy atom. The lowest BCUT2D eigenvalue weighted by atomic mass is 10.2. The second-order valence-electron chi connectivity index (χ2n) is 4.39. The molecule has 7 heteroatoms. The van der Waals surface area contributed by atoms with Crippen molar-refractivity contribution in [3.8, 4) is 5.75 Å². The van der Waals surface area contributed by atoms with Gasteiger partial charge >= 0.3 is 0 Å². The molecule has 0 radical (unpaired) electrons. The maximum Gasteiger partial charge on any atom is 0.243 e. The highest BCUT2D eigenvalue weighted by Gasteiger charge is 2.35. The molecule has 1 fully saturated rings. The average Bonchev–Trinajstić information content (AvgIpc) is 2.87. The zero-order chi connectivity index (χ0) is 14.0. The highest BCUT2D eigenvalue weighted by atomic mass is 32.2. The molecule has 1 aromatic rings. The van der Waals surface area contributed by atoms with E-state index in [0.717, 1.165) is 6.07 Å². The third-order valence-electron chi connectivity index (χ3n) is 3.26. The SMILES string of the molecule is COc1ccc(S(=O)(=O)N2CCC[C@H]2CO)cc1F. The molecule has 0 bridgehead atoms. The van der Waals surface area contributed by atoms with Gasteiger partial charge in [0.2, 0.25) is 10.0 Å². The third-order valence-corrected chi connectivity index (χ3v) is 5.21. The van der Waals surface area contributed by atoms with Gasteiger partial charge in [0, 0.05) is 12.6 Å². The third kappa shape index (κ3) is 2.58. The number of ether oxygens (including phenoxy) is 1. The number of benzene rings is 1. The van der Waals surface area contributed by atoms with Crippen LogP contribution in [0.5, 0.6) is 5.75 Å². The Bertz CT molecular complexity index is 561. The number of aliphatic hydroxyl groups is 1. The highest BCUT2D eigenvalue weighted by molar-refractivity contribution is 7.89. The minimum atomic E-state index is -3.77. The lowest BCUT2D eigenvalue weighted by Crippen LogP contribution is -2.37. The predicted molar refractivity (Wildman–Crippen MR) is 67.0 cm³/mol. The summed E-state index contributed by atoms with van der Waals surface area (Å²) >= 11 is 0. The summed E-state index contributed by atoms with van der Waals surface area (Å²) < 4.78 is 44.3. The zero-order valence-electron chi connectivity index (χ0n) is 10.5. The Morgan fingerprint density at radius 3 is 2.84 bits per heavy atom. The van der Waals surface area contributed by atoms with E-state index in [9.17, 15) is 17.9 Å². The minimum absolute atomic E-state index is 0.000852. The highest BCUT2D eigenvalue weighted by Crippen LogP contribution is 2.28. The fourth-order valence-corrected chi connectivity index (χ4v) is 3.95. The molecule has 1 N–H and O–H groups in total. The second-order valence-corrected chi connectivity index (χ2v) is 6.28. The van der Waals surface area contributed by atoms with E-state index in [1.807, 2.05) is 0 Å². The minimum Gasteiger partial charge on any atom is -0.494 e. The molecule has 1 aliphatic rings. The standard InChI is InChI=1S/C12H16FNO4S/c1-18-12-5-4-10(7-11(12)13)19(16,17)14-6-2-3-9(14)8-15/h4-5,7,9,15H,2-3,6,8H2,1H3/t9-/m0/s1. The second kappa shape index (κ2) is 5.44. The van der Waals surface area contributed by atoms with Crippen LogP contribution in [0.3, 0.4) is 0 Å². The molecule has 1 aromatic carbocycles. The van der Waals surface area contributed by atoms with Crippen molar-refractivity contribution in [1.29, 1.82) is 0 Å². The predicted octanol–water partition coefficient (Wildman–Crippen LogP) is 0.980. The van der Waals surface area contributed by atoms with Crippen LogP contribution in [0.2, 0.25) is 0 Å². The number of hydrogen-bond acceptors (Lipinski definition) is 4. The average molecular weight is 289 g/mol. The molecule has 0 aromatic heterocycles. The number of rotatable bonds is 4. The molecule has 1 heterocycles. The molecule has 2 rings (SSSR count). The number of sulfonamides is 1. The Hall–Kier alpha value is -1.18. The fourth-order valence-electron chi connectivity index (χ4n) is 2.25. The van der Waals surface area contributed by atoms with Crippen molar-refractivity contribution in [3.05, 3.63) is 24.0 Å². The Labute approximate surface area is 111 Å². The van der Waals surface area contributed by atoms with Crippen LogP contribution < -0.4 is 4.74 Å². The first-order valence-corrected chi connectivity index (χ1v) is 7.41. The summed E-state index contributed by atoms with van der Waals surface area (Å²) in [6.45, 7) is 0.124. The maximum atomic E-state index is 13.6. The maximum absolute atomic E-state index is 13.6. The molecule has 1 aliphatic heterocycles. The van der Waals surface area contributed by atoms with E-state index in [2.05, 4.69) is 0 Å². The van der Waals surface area contributed by atoms with Crippen LogP contribution in [0.4, 0.5) is 4.39 Å². The van der Waals surface area contributed by atoms with E-state index in [-0.39, 0.29) is 17.3 Å².